The molecule has 0 aliphatic rings. The number of hydrogen-bond acceptors (Lipinski definition) is 5. The molecule has 1 amide bonds. The average molecular weight is 257 g/mol. The van der Waals surface area contributed by atoms with Gasteiger partial charge in [0.15, 0.2) is 0 Å². The Morgan fingerprint density at radius 1 is 1.32 bits per heavy atom. The zero-order valence-electron chi connectivity index (χ0n) is 10.6. The van der Waals surface area contributed by atoms with Gasteiger partial charge in [-0.05, 0) is 19.1 Å². The monoisotopic (exact) mass is 257 g/mol. The fourth-order valence-corrected chi connectivity index (χ4v) is 1.63. The van der Waals surface area contributed by atoms with E-state index in [-0.39, 0.29) is 0 Å². The van der Waals surface area contributed by atoms with Gasteiger partial charge in [-0.3, -0.25) is 14.8 Å². The molecule has 0 spiro atoms. The minimum Gasteiger partial charge on any atom is -0.396 e. The number of aromatic nitrogens is 2. The van der Waals surface area contributed by atoms with Gasteiger partial charge in [0, 0.05) is 6.20 Å². The SMILES string of the molecule is Cc1cnc(CNc2cccc(C(N)=O)c2N)cn1. The van der Waals surface area contributed by atoms with E-state index in [4.69, 9.17) is 11.5 Å². The highest BCUT2D eigenvalue weighted by Crippen LogP contribution is 2.22. The molecule has 2 rings (SSSR count). The van der Waals surface area contributed by atoms with Crippen molar-refractivity contribution in [1.82, 2.24) is 9.97 Å². The molecule has 5 N–H and O–H groups in total. The minimum atomic E-state index is -0.545. The van der Waals surface area contributed by atoms with Crippen LogP contribution in [0.4, 0.5) is 11.4 Å². The fraction of sp³-hybridized carbons (Fsp3) is 0.154. The maximum absolute atomic E-state index is 11.2. The highest BCUT2D eigenvalue weighted by Gasteiger charge is 2.09. The second-order valence-electron chi connectivity index (χ2n) is 4.13. The van der Waals surface area contributed by atoms with E-state index < -0.39 is 5.91 Å². The molecule has 0 bridgehead atoms. The smallest absolute Gasteiger partial charge is 0.250 e. The molecular weight excluding hydrogens is 242 g/mol. The van der Waals surface area contributed by atoms with Crippen molar-refractivity contribution in [3.05, 3.63) is 47.5 Å². The number of anilines is 2. The third-order valence-corrected chi connectivity index (χ3v) is 2.67. The van der Waals surface area contributed by atoms with Crippen molar-refractivity contribution < 1.29 is 4.79 Å². The van der Waals surface area contributed by atoms with Crippen molar-refractivity contribution in [2.24, 2.45) is 5.73 Å². The number of carbonyl (C=O) groups excluding carboxylic acids is 1. The number of amides is 1. The van der Waals surface area contributed by atoms with E-state index in [9.17, 15) is 4.79 Å². The van der Waals surface area contributed by atoms with Crippen molar-refractivity contribution in [3.8, 4) is 0 Å². The summed E-state index contributed by atoms with van der Waals surface area (Å²) in [5.41, 5.74) is 14.1. The van der Waals surface area contributed by atoms with Crippen LogP contribution in [0.2, 0.25) is 0 Å². The van der Waals surface area contributed by atoms with Gasteiger partial charge >= 0.3 is 0 Å². The predicted octanol–water partition coefficient (Wildman–Crippen LogP) is 1.08. The van der Waals surface area contributed by atoms with E-state index in [1.54, 1.807) is 30.6 Å². The summed E-state index contributed by atoms with van der Waals surface area (Å²) in [4.78, 5) is 19.6. The molecule has 0 saturated carbocycles. The molecule has 1 aromatic heterocycles. The second kappa shape index (κ2) is 5.34. The Hall–Kier alpha value is -2.63. The number of nitrogens with zero attached hydrogens (tertiary/aromatic N) is 2. The zero-order chi connectivity index (χ0) is 13.8. The Balaban J connectivity index is 2.13. The first-order valence-corrected chi connectivity index (χ1v) is 5.77. The number of nitrogens with one attached hydrogen (secondary N) is 1. The van der Waals surface area contributed by atoms with Crippen LogP contribution in [0.1, 0.15) is 21.7 Å². The summed E-state index contributed by atoms with van der Waals surface area (Å²) in [5, 5.41) is 3.11. The van der Waals surface area contributed by atoms with Crippen LogP contribution in [-0.4, -0.2) is 15.9 Å². The Morgan fingerprint density at radius 2 is 2.11 bits per heavy atom. The quantitative estimate of drug-likeness (QED) is 0.710. The number of benzene rings is 1. The molecular formula is C13H15N5O. The van der Waals surface area contributed by atoms with Crippen molar-refractivity contribution in [2.45, 2.75) is 13.5 Å². The second-order valence-corrected chi connectivity index (χ2v) is 4.13. The predicted molar refractivity (Wildman–Crippen MR) is 73.5 cm³/mol. The van der Waals surface area contributed by atoms with Crippen molar-refractivity contribution in [3.63, 3.8) is 0 Å². The first-order chi connectivity index (χ1) is 9.08. The first kappa shape index (κ1) is 12.8. The summed E-state index contributed by atoms with van der Waals surface area (Å²) in [6.07, 6.45) is 3.39. The molecule has 0 fully saturated rings. The van der Waals surface area contributed by atoms with E-state index in [1.807, 2.05) is 6.92 Å². The van der Waals surface area contributed by atoms with E-state index >= 15 is 0 Å². The van der Waals surface area contributed by atoms with Gasteiger partial charge in [0.2, 0.25) is 0 Å². The summed E-state index contributed by atoms with van der Waals surface area (Å²) < 4.78 is 0. The summed E-state index contributed by atoms with van der Waals surface area (Å²) in [7, 11) is 0. The topological polar surface area (TPSA) is 107 Å². The first-order valence-electron chi connectivity index (χ1n) is 5.77. The lowest BCUT2D eigenvalue weighted by Gasteiger charge is -2.11. The maximum Gasteiger partial charge on any atom is 0.250 e. The van der Waals surface area contributed by atoms with Crippen LogP contribution in [0.15, 0.2) is 30.6 Å². The number of primary amides is 1. The third-order valence-electron chi connectivity index (χ3n) is 2.67. The molecule has 6 nitrogen and oxygen atoms in total. The number of aryl methyl sites for hydroxylation is 1. The van der Waals surface area contributed by atoms with Gasteiger partial charge < -0.3 is 16.8 Å². The van der Waals surface area contributed by atoms with Crippen molar-refractivity contribution >= 4 is 17.3 Å². The van der Waals surface area contributed by atoms with Gasteiger partial charge in [-0.1, -0.05) is 6.07 Å². The molecule has 0 unspecified atom stereocenters. The van der Waals surface area contributed by atoms with Gasteiger partial charge in [0.1, 0.15) is 0 Å². The Labute approximate surface area is 110 Å². The standard InChI is InChI=1S/C13H15N5O/c1-8-5-17-9(6-16-8)7-18-11-4-2-3-10(12(11)14)13(15)19/h2-6,18H,7,14H2,1H3,(H2,15,19). The highest BCUT2D eigenvalue weighted by molar-refractivity contribution is 6.00. The number of rotatable bonds is 4. The Kier molecular flexibility index (Phi) is 3.61. The minimum absolute atomic E-state index is 0.306. The molecule has 1 aromatic carbocycles. The number of nitrogen functional groups attached to an aromatic ring is 1. The lowest BCUT2D eigenvalue weighted by Crippen LogP contribution is -2.15. The molecule has 0 atom stereocenters. The lowest BCUT2D eigenvalue weighted by molar-refractivity contribution is 0.100. The summed E-state index contributed by atoms with van der Waals surface area (Å²) in [5.74, 6) is -0.545. The van der Waals surface area contributed by atoms with Gasteiger partial charge in [-0.15, -0.1) is 0 Å². The van der Waals surface area contributed by atoms with E-state index in [2.05, 4.69) is 15.3 Å². The van der Waals surface area contributed by atoms with E-state index in [0.29, 0.717) is 23.5 Å². The van der Waals surface area contributed by atoms with Gasteiger partial charge in [-0.2, -0.15) is 0 Å². The normalized spacial score (nSPS) is 10.2. The maximum atomic E-state index is 11.2. The van der Waals surface area contributed by atoms with Crippen LogP contribution in [0.25, 0.3) is 0 Å². The molecule has 98 valence electrons. The number of nitrogens with two attached hydrogens (primary N) is 2. The van der Waals surface area contributed by atoms with Crippen LogP contribution in [0, 0.1) is 6.92 Å². The third kappa shape index (κ3) is 2.98. The van der Waals surface area contributed by atoms with Crippen LogP contribution < -0.4 is 16.8 Å². The van der Waals surface area contributed by atoms with Crippen LogP contribution >= 0.6 is 0 Å². The molecule has 6 heteroatoms. The summed E-state index contributed by atoms with van der Waals surface area (Å²) in [6.45, 7) is 2.35. The summed E-state index contributed by atoms with van der Waals surface area (Å²) in [6, 6.07) is 5.09. The fourth-order valence-electron chi connectivity index (χ4n) is 1.63. The zero-order valence-corrected chi connectivity index (χ0v) is 10.6. The average Bonchev–Trinajstić information content (AvgIpc) is 2.39. The number of carbonyl (C=O) groups is 1. The van der Waals surface area contributed by atoms with Crippen molar-refractivity contribution in [1.29, 1.82) is 0 Å². The summed E-state index contributed by atoms with van der Waals surface area (Å²) >= 11 is 0. The lowest BCUT2D eigenvalue weighted by atomic mass is 10.1. The molecule has 0 saturated heterocycles. The van der Waals surface area contributed by atoms with E-state index in [1.165, 1.54) is 0 Å². The molecule has 0 aliphatic heterocycles. The number of para-hydroxylation sites is 1. The highest BCUT2D eigenvalue weighted by atomic mass is 16.1. The van der Waals surface area contributed by atoms with Gasteiger partial charge in [0.25, 0.3) is 5.91 Å². The van der Waals surface area contributed by atoms with Gasteiger partial charge in [-0.25, -0.2) is 0 Å². The van der Waals surface area contributed by atoms with E-state index in [0.717, 1.165) is 11.4 Å². The van der Waals surface area contributed by atoms with Crippen LogP contribution in [0.5, 0.6) is 0 Å². The largest absolute Gasteiger partial charge is 0.396 e. The Bertz CT molecular complexity index is 594. The van der Waals surface area contributed by atoms with Crippen LogP contribution in [-0.2, 0) is 6.54 Å². The van der Waals surface area contributed by atoms with Gasteiger partial charge in [0.05, 0.1) is 41.1 Å². The molecule has 1 heterocycles. The molecule has 0 radical (unpaired) electrons. The molecule has 2 aromatic rings. The van der Waals surface area contributed by atoms with Crippen LogP contribution in [0.3, 0.4) is 0 Å². The molecule has 0 aliphatic carbocycles. The molecule has 19 heavy (non-hydrogen) atoms. The van der Waals surface area contributed by atoms with Crippen molar-refractivity contribution in [2.75, 3.05) is 11.1 Å². The Morgan fingerprint density at radius 3 is 2.74 bits per heavy atom. The number of hydrogen-bond donors (Lipinski definition) is 3.